The van der Waals surface area contributed by atoms with Gasteiger partial charge in [-0.05, 0) is 24.3 Å². The molecule has 0 aliphatic rings. The maximum atomic E-state index is 12.6. The molecular formula is C18H13N3O3. The molecule has 3 aromatic rings. The number of aromatic amines is 1. The van der Waals surface area contributed by atoms with Gasteiger partial charge in [-0.15, -0.1) is 0 Å². The van der Waals surface area contributed by atoms with E-state index < -0.39 is 11.3 Å². The summed E-state index contributed by atoms with van der Waals surface area (Å²) in [7, 11) is 1.51. The van der Waals surface area contributed by atoms with Gasteiger partial charge in [0.2, 0.25) is 5.43 Å². The number of anilines is 1. The standard InChI is InChI=1S/C18H13N3O3/c1-24-15-8-4-6-12-16(15)20-10-13(17(12)22)18(23)21-14-7-3-2-5-11(14)9-19/h2-8,10H,1H3,(H,20,22)(H,21,23). The molecule has 1 amide bonds. The summed E-state index contributed by atoms with van der Waals surface area (Å²) in [4.78, 5) is 27.9. The molecular weight excluding hydrogens is 306 g/mol. The molecule has 2 aromatic carbocycles. The lowest BCUT2D eigenvalue weighted by atomic mass is 10.1. The number of pyridine rings is 1. The van der Waals surface area contributed by atoms with Crippen molar-refractivity contribution in [3.63, 3.8) is 0 Å². The Morgan fingerprint density at radius 2 is 2.00 bits per heavy atom. The van der Waals surface area contributed by atoms with Crippen LogP contribution in [0, 0.1) is 11.3 Å². The first-order valence-electron chi connectivity index (χ1n) is 7.14. The number of nitrogens with one attached hydrogen (secondary N) is 2. The van der Waals surface area contributed by atoms with Gasteiger partial charge in [0.05, 0.1) is 29.3 Å². The smallest absolute Gasteiger partial charge is 0.261 e. The van der Waals surface area contributed by atoms with Crippen molar-refractivity contribution in [3.8, 4) is 11.8 Å². The second-order valence-corrected chi connectivity index (χ2v) is 5.03. The van der Waals surface area contributed by atoms with E-state index in [1.54, 1.807) is 42.5 Å². The van der Waals surface area contributed by atoms with Crippen molar-refractivity contribution in [3.05, 3.63) is 70.0 Å². The first kappa shape index (κ1) is 15.3. The fourth-order valence-electron chi connectivity index (χ4n) is 2.44. The first-order valence-corrected chi connectivity index (χ1v) is 7.14. The summed E-state index contributed by atoms with van der Waals surface area (Å²) in [5, 5.41) is 12.0. The number of methoxy groups -OCH3 is 1. The van der Waals surface area contributed by atoms with Crippen molar-refractivity contribution in [2.75, 3.05) is 12.4 Å². The number of fused-ring (bicyclic) bond motifs is 1. The lowest BCUT2D eigenvalue weighted by Gasteiger charge is -2.08. The Hall–Kier alpha value is -3.59. The summed E-state index contributed by atoms with van der Waals surface area (Å²) < 4.78 is 5.20. The zero-order valence-corrected chi connectivity index (χ0v) is 12.8. The highest BCUT2D eigenvalue weighted by molar-refractivity contribution is 6.06. The van der Waals surface area contributed by atoms with Gasteiger partial charge in [-0.2, -0.15) is 5.26 Å². The van der Waals surface area contributed by atoms with Gasteiger partial charge in [0.15, 0.2) is 0 Å². The Morgan fingerprint density at radius 3 is 2.75 bits per heavy atom. The molecule has 24 heavy (non-hydrogen) atoms. The second kappa shape index (κ2) is 6.26. The van der Waals surface area contributed by atoms with Crippen molar-refractivity contribution in [2.45, 2.75) is 0 Å². The fraction of sp³-hybridized carbons (Fsp3) is 0.0556. The number of aromatic nitrogens is 1. The van der Waals surface area contributed by atoms with E-state index in [0.717, 1.165) is 0 Å². The highest BCUT2D eigenvalue weighted by Gasteiger charge is 2.15. The van der Waals surface area contributed by atoms with E-state index >= 15 is 0 Å². The van der Waals surface area contributed by atoms with E-state index in [2.05, 4.69) is 10.3 Å². The highest BCUT2D eigenvalue weighted by atomic mass is 16.5. The van der Waals surface area contributed by atoms with Crippen LogP contribution in [0.25, 0.3) is 10.9 Å². The number of nitriles is 1. The molecule has 3 rings (SSSR count). The van der Waals surface area contributed by atoms with Crippen LogP contribution in [-0.4, -0.2) is 18.0 Å². The van der Waals surface area contributed by atoms with Gasteiger partial charge in [0.1, 0.15) is 17.4 Å². The normalized spacial score (nSPS) is 10.2. The molecule has 118 valence electrons. The summed E-state index contributed by atoms with van der Waals surface area (Å²) in [6.45, 7) is 0. The number of amides is 1. The highest BCUT2D eigenvalue weighted by Crippen LogP contribution is 2.21. The maximum absolute atomic E-state index is 12.6. The Labute approximate surface area is 137 Å². The third-order valence-corrected chi connectivity index (χ3v) is 3.64. The van der Waals surface area contributed by atoms with Crippen LogP contribution in [0.2, 0.25) is 0 Å². The van der Waals surface area contributed by atoms with Gasteiger partial charge >= 0.3 is 0 Å². The molecule has 1 heterocycles. The van der Waals surface area contributed by atoms with E-state index in [0.29, 0.717) is 27.9 Å². The quantitative estimate of drug-likeness (QED) is 0.776. The average Bonchev–Trinajstić information content (AvgIpc) is 2.62. The SMILES string of the molecule is COc1cccc2c(=O)c(C(=O)Nc3ccccc3C#N)c[nH]c12. The van der Waals surface area contributed by atoms with Crippen LogP contribution < -0.4 is 15.5 Å². The minimum Gasteiger partial charge on any atom is -0.495 e. The molecule has 0 radical (unpaired) electrons. The molecule has 0 aliphatic carbocycles. The molecule has 0 unspecified atom stereocenters. The number of hydrogen-bond donors (Lipinski definition) is 2. The molecule has 0 saturated carbocycles. The average molecular weight is 319 g/mol. The topological polar surface area (TPSA) is 95.0 Å². The number of nitrogens with zero attached hydrogens (tertiary/aromatic N) is 1. The van der Waals surface area contributed by atoms with Gasteiger partial charge in [-0.3, -0.25) is 9.59 Å². The predicted molar refractivity (Wildman–Crippen MR) is 90.2 cm³/mol. The van der Waals surface area contributed by atoms with Crippen LogP contribution in [-0.2, 0) is 0 Å². The Balaban J connectivity index is 2.04. The maximum Gasteiger partial charge on any atom is 0.261 e. The number of hydrogen-bond acceptors (Lipinski definition) is 4. The fourth-order valence-corrected chi connectivity index (χ4v) is 2.44. The van der Waals surface area contributed by atoms with Gasteiger partial charge in [0, 0.05) is 6.20 Å². The number of carbonyl (C=O) groups excluding carboxylic acids is 1. The monoisotopic (exact) mass is 319 g/mol. The van der Waals surface area contributed by atoms with Crippen molar-refractivity contribution in [2.24, 2.45) is 0 Å². The molecule has 0 atom stereocenters. The van der Waals surface area contributed by atoms with Crippen molar-refractivity contribution >= 4 is 22.5 Å². The lowest BCUT2D eigenvalue weighted by molar-refractivity contribution is 0.102. The van der Waals surface area contributed by atoms with E-state index in [9.17, 15) is 9.59 Å². The zero-order valence-electron chi connectivity index (χ0n) is 12.8. The number of H-pyrrole nitrogens is 1. The molecule has 0 bridgehead atoms. The molecule has 6 heteroatoms. The van der Waals surface area contributed by atoms with Gasteiger partial charge in [0.25, 0.3) is 5.91 Å². The summed E-state index contributed by atoms with van der Waals surface area (Å²) >= 11 is 0. The molecule has 1 aromatic heterocycles. The van der Waals surface area contributed by atoms with Crippen LogP contribution in [0.5, 0.6) is 5.75 Å². The molecule has 0 saturated heterocycles. The van der Waals surface area contributed by atoms with Crippen LogP contribution in [0.1, 0.15) is 15.9 Å². The molecule has 0 spiro atoms. The van der Waals surface area contributed by atoms with Crippen molar-refractivity contribution in [1.82, 2.24) is 4.98 Å². The van der Waals surface area contributed by atoms with Crippen molar-refractivity contribution in [1.29, 1.82) is 5.26 Å². The van der Waals surface area contributed by atoms with Crippen LogP contribution in [0.15, 0.2) is 53.5 Å². The van der Waals surface area contributed by atoms with Gasteiger partial charge in [-0.25, -0.2) is 0 Å². The van der Waals surface area contributed by atoms with Gasteiger partial charge < -0.3 is 15.0 Å². The van der Waals surface area contributed by atoms with Gasteiger partial charge in [-0.1, -0.05) is 18.2 Å². The minimum absolute atomic E-state index is 0.0384. The number of para-hydroxylation sites is 2. The third-order valence-electron chi connectivity index (χ3n) is 3.64. The Kier molecular flexibility index (Phi) is 4.00. The molecule has 2 N–H and O–H groups in total. The van der Waals surface area contributed by atoms with E-state index in [-0.39, 0.29) is 5.56 Å². The first-order chi connectivity index (χ1) is 11.7. The third kappa shape index (κ3) is 2.59. The zero-order chi connectivity index (χ0) is 17.1. The Morgan fingerprint density at radius 1 is 1.21 bits per heavy atom. The molecule has 6 nitrogen and oxygen atoms in total. The number of ether oxygens (including phenoxy) is 1. The van der Waals surface area contributed by atoms with Crippen LogP contribution in [0.3, 0.4) is 0 Å². The Bertz CT molecular complexity index is 1030. The van der Waals surface area contributed by atoms with E-state index in [1.807, 2.05) is 6.07 Å². The van der Waals surface area contributed by atoms with Crippen molar-refractivity contribution < 1.29 is 9.53 Å². The van der Waals surface area contributed by atoms with E-state index in [4.69, 9.17) is 10.00 Å². The number of benzene rings is 2. The number of rotatable bonds is 3. The minimum atomic E-state index is -0.580. The van der Waals surface area contributed by atoms with E-state index in [1.165, 1.54) is 13.3 Å². The summed E-state index contributed by atoms with van der Waals surface area (Å²) in [5.41, 5.74) is 0.761. The summed E-state index contributed by atoms with van der Waals surface area (Å²) in [5.74, 6) is -0.0601. The summed E-state index contributed by atoms with van der Waals surface area (Å²) in [6, 6.07) is 13.6. The molecule has 0 fully saturated rings. The van der Waals surface area contributed by atoms with Crippen LogP contribution in [0.4, 0.5) is 5.69 Å². The number of carbonyl (C=O) groups is 1. The largest absolute Gasteiger partial charge is 0.495 e. The molecule has 0 aliphatic heterocycles. The second-order valence-electron chi connectivity index (χ2n) is 5.03. The lowest BCUT2D eigenvalue weighted by Crippen LogP contribution is -2.22. The summed E-state index contributed by atoms with van der Waals surface area (Å²) in [6.07, 6.45) is 1.34. The predicted octanol–water partition coefficient (Wildman–Crippen LogP) is 2.66. The van der Waals surface area contributed by atoms with Crippen LogP contribution >= 0.6 is 0 Å².